The molecule has 0 aromatic rings. The van der Waals surface area contributed by atoms with Crippen LogP contribution in [-0.4, -0.2) is 47.7 Å². The van der Waals surface area contributed by atoms with Gasteiger partial charge in [0.1, 0.15) is 0 Å². The summed E-state index contributed by atoms with van der Waals surface area (Å²) in [5.74, 6) is 0.209. The van der Waals surface area contributed by atoms with E-state index in [1.807, 2.05) is 6.92 Å². The Morgan fingerprint density at radius 1 is 1.32 bits per heavy atom. The van der Waals surface area contributed by atoms with Crippen LogP contribution >= 0.6 is 0 Å². The van der Waals surface area contributed by atoms with E-state index < -0.39 is 0 Å². The van der Waals surface area contributed by atoms with Gasteiger partial charge in [0.15, 0.2) is 0 Å². The molecule has 0 aromatic heterocycles. The van der Waals surface area contributed by atoms with Crippen molar-refractivity contribution in [2.24, 2.45) is 0 Å². The summed E-state index contributed by atoms with van der Waals surface area (Å²) in [4.78, 5) is 14.0. The van der Waals surface area contributed by atoms with Crippen molar-refractivity contribution in [3.05, 3.63) is 0 Å². The van der Waals surface area contributed by atoms with Gasteiger partial charge in [-0.15, -0.1) is 0 Å². The maximum Gasteiger partial charge on any atom is 0.220 e. The van der Waals surface area contributed by atoms with E-state index in [4.69, 9.17) is 0 Å². The Morgan fingerprint density at radius 3 is 2.58 bits per heavy atom. The number of aliphatic hydroxyl groups is 1. The third kappa shape index (κ3) is 6.92. The van der Waals surface area contributed by atoms with E-state index in [-0.39, 0.29) is 12.0 Å². The lowest BCUT2D eigenvalue weighted by Crippen LogP contribution is -2.46. The molecule has 112 valence electrons. The van der Waals surface area contributed by atoms with E-state index in [1.165, 1.54) is 0 Å². The van der Waals surface area contributed by atoms with Crippen LogP contribution in [-0.2, 0) is 4.79 Å². The number of nitrogens with one attached hydrogen (secondary N) is 1. The fraction of sp³-hybridized carbons (Fsp3) is 0.933. The molecular formula is C15H30N2O2. The number of carbonyl (C=O) groups excluding carboxylic acids is 1. The lowest BCUT2D eigenvalue weighted by molar-refractivity contribution is -0.122. The number of nitrogens with zero attached hydrogens (tertiary/aromatic N) is 1. The van der Waals surface area contributed by atoms with Gasteiger partial charge in [-0.1, -0.05) is 26.7 Å². The number of aliphatic hydroxyl groups excluding tert-OH is 1. The standard InChI is InChI=1S/C15H30N2O2/c1-3-5-6-7-15(19)16-13-8-10-17(11-9-13)12-14(18)4-2/h13-14,18H,3-12H2,1-2H3,(H,16,19). The number of hydrogen-bond acceptors (Lipinski definition) is 3. The molecular weight excluding hydrogens is 240 g/mol. The van der Waals surface area contributed by atoms with Crippen LogP contribution in [0.15, 0.2) is 0 Å². The summed E-state index contributed by atoms with van der Waals surface area (Å²) in [5, 5.41) is 12.8. The lowest BCUT2D eigenvalue weighted by atomic mass is 10.0. The maximum absolute atomic E-state index is 11.7. The first-order chi connectivity index (χ1) is 9.15. The van der Waals surface area contributed by atoms with Gasteiger partial charge in [-0.2, -0.15) is 0 Å². The van der Waals surface area contributed by atoms with Crippen molar-refractivity contribution < 1.29 is 9.90 Å². The topological polar surface area (TPSA) is 52.6 Å². The van der Waals surface area contributed by atoms with Gasteiger partial charge >= 0.3 is 0 Å². The summed E-state index contributed by atoms with van der Waals surface area (Å²) < 4.78 is 0. The smallest absolute Gasteiger partial charge is 0.220 e. The first-order valence-electron chi connectivity index (χ1n) is 7.85. The second-order valence-corrected chi connectivity index (χ2v) is 5.66. The van der Waals surface area contributed by atoms with Crippen molar-refractivity contribution in [1.29, 1.82) is 0 Å². The first kappa shape index (κ1) is 16.4. The van der Waals surface area contributed by atoms with Crippen molar-refractivity contribution in [3.8, 4) is 0 Å². The molecule has 1 rings (SSSR count). The molecule has 1 fully saturated rings. The zero-order valence-electron chi connectivity index (χ0n) is 12.5. The summed E-state index contributed by atoms with van der Waals surface area (Å²) in [6.45, 7) is 6.90. The van der Waals surface area contributed by atoms with Crippen LogP contribution in [0.2, 0.25) is 0 Å². The molecule has 1 unspecified atom stereocenters. The molecule has 4 nitrogen and oxygen atoms in total. The monoisotopic (exact) mass is 270 g/mol. The van der Waals surface area contributed by atoms with E-state index >= 15 is 0 Å². The molecule has 0 spiro atoms. The average Bonchev–Trinajstić information content (AvgIpc) is 2.41. The minimum Gasteiger partial charge on any atom is -0.392 e. The van der Waals surface area contributed by atoms with Gasteiger partial charge in [-0.05, 0) is 25.7 Å². The van der Waals surface area contributed by atoms with Crippen molar-refractivity contribution in [2.75, 3.05) is 19.6 Å². The molecule has 0 aliphatic carbocycles. The van der Waals surface area contributed by atoms with Crippen molar-refractivity contribution >= 4 is 5.91 Å². The SMILES string of the molecule is CCCCCC(=O)NC1CCN(CC(O)CC)CC1. The number of hydrogen-bond donors (Lipinski definition) is 2. The minimum absolute atomic E-state index is 0.208. The van der Waals surface area contributed by atoms with E-state index in [1.54, 1.807) is 0 Å². The predicted molar refractivity (Wildman–Crippen MR) is 78.0 cm³/mol. The van der Waals surface area contributed by atoms with Crippen LogP contribution in [0.1, 0.15) is 58.8 Å². The number of amides is 1. The third-order valence-electron chi connectivity index (χ3n) is 3.90. The van der Waals surface area contributed by atoms with Crippen molar-refractivity contribution in [2.45, 2.75) is 70.9 Å². The van der Waals surface area contributed by atoms with Crippen LogP contribution < -0.4 is 5.32 Å². The Kier molecular flexibility index (Phi) is 8.07. The fourth-order valence-corrected chi connectivity index (χ4v) is 2.52. The number of unbranched alkanes of at least 4 members (excludes halogenated alkanes) is 2. The van der Waals surface area contributed by atoms with Gasteiger partial charge in [-0.3, -0.25) is 4.79 Å². The molecule has 0 radical (unpaired) electrons. The Labute approximate surface area is 117 Å². The molecule has 4 heteroatoms. The largest absolute Gasteiger partial charge is 0.392 e. The number of β-amino-alcohol motifs (C(OH)–C–C–N with tert-alkyl or cyclic N) is 1. The highest BCUT2D eigenvalue weighted by atomic mass is 16.3. The lowest BCUT2D eigenvalue weighted by Gasteiger charge is -2.33. The highest BCUT2D eigenvalue weighted by molar-refractivity contribution is 5.76. The van der Waals surface area contributed by atoms with E-state index in [9.17, 15) is 9.90 Å². The molecule has 0 saturated carbocycles. The molecule has 2 N–H and O–H groups in total. The zero-order valence-corrected chi connectivity index (χ0v) is 12.5. The van der Waals surface area contributed by atoms with E-state index in [0.717, 1.165) is 58.2 Å². The first-order valence-corrected chi connectivity index (χ1v) is 7.85. The van der Waals surface area contributed by atoms with E-state index in [2.05, 4.69) is 17.1 Å². The molecule has 1 aliphatic heterocycles. The third-order valence-corrected chi connectivity index (χ3v) is 3.90. The highest BCUT2D eigenvalue weighted by Crippen LogP contribution is 2.12. The molecule has 1 amide bonds. The Balaban J connectivity index is 2.14. The number of rotatable bonds is 8. The summed E-state index contributed by atoms with van der Waals surface area (Å²) in [7, 11) is 0. The van der Waals surface area contributed by atoms with Gasteiger partial charge < -0.3 is 15.3 Å². The van der Waals surface area contributed by atoms with Crippen LogP contribution in [0.3, 0.4) is 0 Å². The Morgan fingerprint density at radius 2 is 2.00 bits per heavy atom. The second-order valence-electron chi connectivity index (χ2n) is 5.66. The molecule has 1 heterocycles. The fourth-order valence-electron chi connectivity index (χ4n) is 2.52. The average molecular weight is 270 g/mol. The molecule has 19 heavy (non-hydrogen) atoms. The number of likely N-dealkylation sites (tertiary alicyclic amines) is 1. The Bertz CT molecular complexity index is 251. The van der Waals surface area contributed by atoms with Crippen LogP contribution in [0.25, 0.3) is 0 Å². The van der Waals surface area contributed by atoms with Gasteiger partial charge in [0.25, 0.3) is 0 Å². The Hall–Kier alpha value is -0.610. The molecule has 1 atom stereocenters. The van der Waals surface area contributed by atoms with Crippen LogP contribution in [0.4, 0.5) is 0 Å². The molecule has 0 bridgehead atoms. The maximum atomic E-state index is 11.7. The predicted octanol–water partition coefficient (Wildman–Crippen LogP) is 1.92. The summed E-state index contributed by atoms with van der Waals surface area (Å²) in [6, 6.07) is 0.337. The number of carbonyl (C=O) groups is 1. The van der Waals surface area contributed by atoms with Crippen LogP contribution in [0, 0.1) is 0 Å². The minimum atomic E-state index is -0.208. The second kappa shape index (κ2) is 9.32. The highest BCUT2D eigenvalue weighted by Gasteiger charge is 2.21. The molecule has 0 aromatic carbocycles. The normalized spacial score (nSPS) is 19.3. The summed E-state index contributed by atoms with van der Waals surface area (Å²) in [5.41, 5.74) is 0. The van der Waals surface area contributed by atoms with Crippen molar-refractivity contribution in [3.63, 3.8) is 0 Å². The van der Waals surface area contributed by atoms with Gasteiger partial charge in [0.05, 0.1) is 6.10 Å². The number of piperidine rings is 1. The van der Waals surface area contributed by atoms with E-state index in [0.29, 0.717) is 12.5 Å². The van der Waals surface area contributed by atoms with Gasteiger partial charge in [-0.25, -0.2) is 0 Å². The molecule has 1 saturated heterocycles. The zero-order chi connectivity index (χ0) is 14.1. The molecule has 1 aliphatic rings. The summed E-state index contributed by atoms with van der Waals surface area (Å²) in [6.07, 6.45) is 6.60. The van der Waals surface area contributed by atoms with Gasteiger partial charge in [0.2, 0.25) is 5.91 Å². The quantitative estimate of drug-likeness (QED) is 0.663. The van der Waals surface area contributed by atoms with Crippen LogP contribution in [0.5, 0.6) is 0 Å². The van der Waals surface area contributed by atoms with Crippen molar-refractivity contribution in [1.82, 2.24) is 10.2 Å². The summed E-state index contributed by atoms with van der Waals surface area (Å²) >= 11 is 0. The van der Waals surface area contributed by atoms with Gasteiger partial charge in [0, 0.05) is 32.1 Å².